The molecule has 0 amide bonds. The standard InChI is InChI=1S/C11H10F3NO3S/c12-9-7-8(3-1-2-6-16)4-5-10(9)15-19(17,18)11(13)14/h4-5,7,11,15-16H,2,6H2. The summed E-state index contributed by atoms with van der Waals surface area (Å²) >= 11 is 0. The molecule has 104 valence electrons. The smallest absolute Gasteiger partial charge is 0.355 e. The van der Waals surface area contributed by atoms with Crippen molar-refractivity contribution >= 4 is 15.7 Å². The second-order valence-corrected chi connectivity index (χ2v) is 5.03. The van der Waals surface area contributed by atoms with E-state index < -0.39 is 27.3 Å². The first-order chi connectivity index (χ1) is 8.86. The van der Waals surface area contributed by atoms with Crippen LogP contribution in [0.5, 0.6) is 0 Å². The number of aliphatic hydroxyl groups excluding tert-OH is 1. The van der Waals surface area contributed by atoms with Gasteiger partial charge in [-0.15, -0.1) is 0 Å². The summed E-state index contributed by atoms with van der Waals surface area (Å²) < 4.78 is 60.8. The summed E-state index contributed by atoms with van der Waals surface area (Å²) in [5.74, 6) is 0.406. The summed E-state index contributed by atoms with van der Waals surface area (Å²) in [4.78, 5) is 0. The van der Waals surface area contributed by atoms with Gasteiger partial charge in [-0.3, -0.25) is 4.72 Å². The van der Waals surface area contributed by atoms with Crippen molar-refractivity contribution in [3.8, 4) is 11.8 Å². The molecular weight excluding hydrogens is 283 g/mol. The van der Waals surface area contributed by atoms with Crippen molar-refractivity contribution in [2.45, 2.75) is 12.2 Å². The molecule has 0 heterocycles. The Labute approximate surface area is 108 Å². The van der Waals surface area contributed by atoms with Gasteiger partial charge in [-0.05, 0) is 18.2 Å². The van der Waals surface area contributed by atoms with Gasteiger partial charge in [0.2, 0.25) is 0 Å². The largest absolute Gasteiger partial charge is 0.395 e. The van der Waals surface area contributed by atoms with Gasteiger partial charge in [-0.1, -0.05) is 11.8 Å². The Morgan fingerprint density at radius 2 is 2.05 bits per heavy atom. The Hall–Kier alpha value is -1.72. The van der Waals surface area contributed by atoms with Gasteiger partial charge in [-0.2, -0.15) is 8.78 Å². The molecule has 0 unspecified atom stereocenters. The van der Waals surface area contributed by atoms with Crippen LogP contribution in [0.3, 0.4) is 0 Å². The molecule has 0 aliphatic heterocycles. The van der Waals surface area contributed by atoms with E-state index in [2.05, 4.69) is 11.8 Å². The highest BCUT2D eigenvalue weighted by Crippen LogP contribution is 2.18. The van der Waals surface area contributed by atoms with Crippen LogP contribution in [0.25, 0.3) is 0 Å². The first-order valence-electron chi connectivity index (χ1n) is 5.06. The third kappa shape index (κ3) is 4.46. The monoisotopic (exact) mass is 293 g/mol. The molecular formula is C11H10F3NO3S. The molecule has 0 spiro atoms. The molecule has 4 nitrogen and oxygen atoms in total. The molecule has 0 radical (unpaired) electrons. The lowest BCUT2D eigenvalue weighted by Gasteiger charge is -2.07. The molecule has 1 rings (SSSR count). The van der Waals surface area contributed by atoms with Crippen molar-refractivity contribution in [2.75, 3.05) is 11.3 Å². The maximum Gasteiger partial charge on any atom is 0.355 e. The van der Waals surface area contributed by atoms with Crippen LogP contribution in [0.15, 0.2) is 18.2 Å². The molecule has 0 fully saturated rings. The van der Waals surface area contributed by atoms with E-state index in [9.17, 15) is 21.6 Å². The molecule has 0 atom stereocenters. The van der Waals surface area contributed by atoms with Gasteiger partial charge in [0.25, 0.3) is 10.0 Å². The zero-order chi connectivity index (χ0) is 14.5. The van der Waals surface area contributed by atoms with E-state index in [1.54, 1.807) is 0 Å². The Morgan fingerprint density at radius 1 is 1.37 bits per heavy atom. The minimum Gasteiger partial charge on any atom is -0.395 e. The van der Waals surface area contributed by atoms with Crippen molar-refractivity contribution in [1.29, 1.82) is 0 Å². The topological polar surface area (TPSA) is 66.4 Å². The molecule has 19 heavy (non-hydrogen) atoms. The molecule has 8 heteroatoms. The van der Waals surface area contributed by atoms with Crippen molar-refractivity contribution in [3.63, 3.8) is 0 Å². The molecule has 1 aromatic rings. The molecule has 0 aliphatic carbocycles. The molecule has 0 aromatic heterocycles. The Bertz CT molecular complexity index is 605. The lowest BCUT2D eigenvalue weighted by Crippen LogP contribution is -2.21. The minimum atomic E-state index is -4.90. The summed E-state index contributed by atoms with van der Waals surface area (Å²) in [6, 6.07) is 3.18. The van der Waals surface area contributed by atoms with Gasteiger partial charge < -0.3 is 5.11 Å². The van der Waals surface area contributed by atoms with E-state index in [0.29, 0.717) is 0 Å². The number of benzene rings is 1. The first kappa shape index (κ1) is 15.3. The highest BCUT2D eigenvalue weighted by Gasteiger charge is 2.24. The van der Waals surface area contributed by atoms with Crippen LogP contribution in [0.4, 0.5) is 18.9 Å². The normalized spacial score (nSPS) is 11.0. The fraction of sp³-hybridized carbons (Fsp3) is 0.273. The summed E-state index contributed by atoms with van der Waals surface area (Å²) in [6.07, 6.45) is 0.210. The number of hydrogen-bond donors (Lipinski definition) is 2. The SMILES string of the molecule is O=S(=O)(Nc1ccc(C#CCCO)cc1F)C(F)F. The van der Waals surface area contributed by atoms with Crippen LogP contribution >= 0.6 is 0 Å². The van der Waals surface area contributed by atoms with E-state index >= 15 is 0 Å². The van der Waals surface area contributed by atoms with E-state index in [1.807, 2.05) is 0 Å². The molecule has 0 aliphatic rings. The number of hydrogen-bond acceptors (Lipinski definition) is 3. The fourth-order valence-corrected chi connectivity index (χ4v) is 1.66. The predicted octanol–water partition coefficient (Wildman–Crippen LogP) is 1.52. The number of nitrogens with one attached hydrogen (secondary N) is 1. The van der Waals surface area contributed by atoms with Crippen molar-refractivity contribution in [2.24, 2.45) is 0 Å². The van der Waals surface area contributed by atoms with E-state index in [4.69, 9.17) is 5.11 Å². The molecule has 0 saturated heterocycles. The third-order valence-electron chi connectivity index (χ3n) is 1.93. The van der Waals surface area contributed by atoms with E-state index in [0.717, 1.165) is 12.1 Å². The second kappa shape index (κ2) is 6.45. The highest BCUT2D eigenvalue weighted by atomic mass is 32.2. The Balaban J connectivity index is 2.94. The summed E-state index contributed by atoms with van der Waals surface area (Å²) in [6.45, 7) is -0.137. The number of sulfonamides is 1. The second-order valence-electron chi connectivity index (χ2n) is 3.38. The Morgan fingerprint density at radius 3 is 2.58 bits per heavy atom. The molecule has 0 bridgehead atoms. The quantitative estimate of drug-likeness (QED) is 0.827. The van der Waals surface area contributed by atoms with Crippen molar-refractivity contribution in [1.82, 2.24) is 0 Å². The van der Waals surface area contributed by atoms with E-state index in [1.165, 1.54) is 10.8 Å². The van der Waals surface area contributed by atoms with Gasteiger partial charge in [0, 0.05) is 12.0 Å². The van der Waals surface area contributed by atoms with Crippen LogP contribution in [0.2, 0.25) is 0 Å². The van der Waals surface area contributed by atoms with Gasteiger partial charge in [0.05, 0.1) is 12.3 Å². The van der Waals surface area contributed by atoms with Gasteiger partial charge in [0.1, 0.15) is 5.82 Å². The number of rotatable bonds is 4. The lowest BCUT2D eigenvalue weighted by atomic mass is 10.2. The van der Waals surface area contributed by atoms with Crippen LogP contribution in [-0.2, 0) is 10.0 Å². The predicted molar refractivity (Wildman–Crippen MR) is 63.5 cm³/mol. The van der Waals surface area contributed by atoms with Crippen LogP contribution < -0.4 is 4.72 Å². The lowest BCUT2D eigenvalue weighted by molar-refractivity contribution is 0.236. The maximum absolute atomic E-state index is 13.5. The number of aliphatic hydroxyl groups is 1. The van der Waals surface area contributed by atoms with Crippen molar-refractivity contribution in [3.05, 3.63) is 29.6 Å². The maximum atomic E-state index is 13.5. The molecule has 0 saturated carbocycles. The van der Waals surface area contributed by atoms with Gasteiger partial charge in [0.15, 0.2) is 0 Å². The minimum absolute atomic E-state index is 0.137. The number of halogens is 3. The third-order valence-corrected chi connectivity index (χ3v) is 2.90. The summed E-state index contributed by atoms with van der Waals surface area (Å²) in [7, 11) is -4.90. The van der Waals surface area contributed by atoms with Gasteiger partial charge in [-0.25, -0.2) is 12.8 Å². The average molecular weight is 293 g/mol. The average Bonchev–Trinajstić information content (AvgIpc) is 2.32. The zero-order valence-electron chi connectivity index (χ0n) is 9.53. The zero-order valence-corrected chi connectivity index (χ0v) is 10.3. The molecule has 2 N–H and O–H groups in total. The Kier molecular flexibility index (Phi) is 5.20. The molecule has 1 aromatic carbocycles. The summed E-state index contributed by atoms with van der Waals surface area (Å²) in [5.41, 5.74) is -0.334. The van der Waals surface area contributed by atoms with Crippen LogP contribution in [-0.4, -0.2) is 25.9 Å². The highest BCUT2D eigenvalue weighted by molar-refractivity contribution is 7.93. The van der Waals surface area contributed by atoms with Crippen LogP contribution in [0.1, 0.15) is 12.0 Å². The summed E-state index contributed by atoms with van der Waals surface area (Å²) in [5, 5.41) is 8.50. The number of anilines is 1. The van der Waals surface area contributed by atoms with Crippen LogP contribution in [0, 0.1) is 17.7 Å². The first-order valence-corrected chi connectivity index (χ1v) is 6.60. The fourth-order valence-electron chi connectivity index (χ4n) is 1.09. The van der Waals surface area contributed by atoms with Crippen molar-refractivity contribution < 1.29 is 26.7 Å². The van der Waals surface area contributed by atoms with Gasteiger partial charge >= 0.3 is 5.76 Å². The van der Waals surface area contributed by atoms with E-state index in [-0.39, 0.29) is 18.6 Å². The number of alkyl halides is 2.